The molecule has 0 bridgehead atoms. The first kappa shape index (κ1) is 17.7. The Labute approximate surface area is 133 Å². The summed E-state index contributed by atoms with van der Waals surface area (Å²) in [5, 5.41) is 3.46. The number of aryl methyl sites for hydroxylation is 1. The largest absolute Gasteiger partial charge is 0.313 e. The number of halogens is 1. The van der Waals surface area contributed by atoms with Crippen LogP contribution in [-0.4, -0.2) is 7.05 Å². The third kappa shape index (κ3) is 6.41. The molecule has 1 aromatic rings. The Morgan fingerprint density at radius 1 is 1.05 bits per heavy atom. The zero-order chi connectivity index (χ0) is 14.8. The fourth-order valence-corrected chi connectivity index (χ4v) is 3.45. The molecule has 0 aliphatic rings. The Hall–Kier alpha value is -0.340. The third-order valence-corrected chi connectivity index (χ3v) is 4.66. The average molecular weight is 340 g/mol. The lowest BCUT2D eigenvalue weighted by atomic mass is 9.99. The molecule has 0 aromatic heterocycles. The van der Waals surface area contributed by atoms with Crippen LogP contribution in [0, 0.1) is 6.92 Å². The van der Waals surface area contributed by atoms with Crippen molar-refractivity contribution in [2.75, 3.05) is 7.05 Å². The zero-order valence-electron chi connectivity index (χ0n) is 13.3. The lowest BCUT2D eigenvalue weighted by Crippen LogP contribution is -2.16. The summed E-state index contributed by atoms with van der Waals surface area (Å²) in [5.41, 5.74) is 2.70. The summed E-state index contributed by atoms with van der Waals surface area (Å²) in [5.74, 6) is 0. The highest BCUT2D eigenvalue weighted by atomic mass is 79.9. The van der Waals surface area contributed by atoms with E-state index in [1.165, 1.54) is 67.0 Å². The number of rotatable bonds is 10. The molecule has 20 heavy (non-hydrogen) atoms. The van der Waals surface area contributed by atoms with Gasteiger partial charge in [0.2, 0.25) is 0 Å². The third-order valence-electron chi connectivity index (χ3n) is 3.98. The van der Waals surface area contributed by atoms with Gasteiger partial charge in [0, 0.05) is 10.5 Å². The van der Waals surface area contributed by atoms with Crippen LogP contribution >= 0.6 is 15.9 Å². The van der Waals surface area contributed by atoms with Crippen molar-refractivity contribution in [1.82, 2.24) is 5.32 Å². The molecule has 1 atom stereocenters. The molecule has 0 aliphatic heterocycles. The Balaban J connectivity index is 2.32. The van der Waals surface area contributed by atoms with Crippen LogP contribution in [0.25, 0.3) is 0 Å². The van der Waals surface area contributed by atoms with Crippen molar-refractivity contribution in [3.05, 3.63) is 33.8 Å². The van der Waals surface area contributed by atoms with Gasteiger partial charge in [0.1, 0.15) is 0 Å². The molecular formula is C18H30BrN. The molecule has 0 spiro atoms. The molecule has 0 saturated heterocycles. The Morgan fingerprint density at radius 3 is 2.30 bits per heavy atom. The summed E-state index contributed by atoms with van der Waals surface area (Å²) in [7, 11) is 2.07. The van der Waals surface area contributed by atoms with Crippen molar-refractivity contribution in [3.8, 4) is 0 Å². The van der Waals surface area contributed by atoms with E-state index in [1.807, 2.05) is 0 Å². The normalized spacial score (nSPS) is 12.6. The molecule has 1 unspecified atom stereocenters. The first-order valence-electron chi connectivity index (χ1n) is 8.12. The predicted molar refractivity (Wildman–Crippen MR) is 93.3 cm³/mol. The van der Waals surface area contributed by atoms with Gasteiger partial charge in [-0.05, 0) is 37.6 Å². The maximum atomic E-state index is 3.70. The van der Waals surface area contributed by atoms with Gasteiger partial charge in [-0.1, -0.05) is 79.9 Å². The second kappa shape index (κ2) is 10.4. The van der Waals surface area contributed by atoms with E-state index in [0.29, 0.717) is 6.04 Å². The summed E-state index contributed by atoms with van der Waals surface area (Å²) < 4.78 is 1.24. The fourth-order valence-electron chi connectivity index (χ4n) is 2.68. The molecule has 0 heterocycles. The summed E-state index contributed by atoms with van der Waals surface area (Å²) >= 11 is 3.70. The smallest absolute Gasteiger partial charge is 0.0328 e. The van der Waals surface area contributed by atoms with Gasteiger partial charge in [-0.2, -0.15) is 0 Å². The molecule has 1 rings (SSSR count). The lowest BCUT2D eigenvalue weighted by Gasteiger charge is -2.18. The second-order valence-electron chi connectivity index (χ2n) is 5.78. The monoisotopic (exact) mass is 339 g/mol. The van der Waals surface area contributed by atoms with Gasteiger partial charge in [-0.15, -0.1) is 0 Å². The second-order valence-corrected chi connectivity index (χ2v) is 6.63. The number of unbranched alkanes of at least 4 members (excludes halogenated alkanes) is 6. The van der Waals surface area contributed by atoms with E-state index in [0.717, 1.165) is 0 Å². The Morgan fingerprint density at radius 2 is 1.70 bits per heavy atom. The lowest BCUT2D eigenvalue weighted by molar-refractivity contribution is 0.494. The Kier molecular flexibility index (Phi) is 9.21. The van der Waals surface area contributed by atoms with E-state index in [-0.39, 0.29) is 0 Å². The van der Waals surface area contributed by atoms with Crippen LogP contribution < -0.4 is 5.32 Å². The van der Waals surface area contributed by atoms with Gasteiger partial charge in [-0.3, -0.25) is 0 Å². The summed E-state index contributed by atoms with van der Waals surface area (Å²) in [4.78, 5) is 0. The highest BCUT2D eigenvalue weighted by Gasteiger charge is 2.12. The van der Waals surface area contributed by atoms with E-state index in [2.05, 4.69) is 60.3 Å². The van der Waals surface area contributed by atoms with Crippen LogP contribution in [-0.2, 0) is 0 Å². The van der Waals surface area contributed by atoms with Gasteiger partial charge in [-0.25, -0.2) is 0 Å². The van der Waals surface area contributed by atoms with Crippen LogP contribution in [0.2, 0.25) is 0 Å². The maximum absolute atomic E-state index is 3.70. The predicted octanol–water partition coefficient (Wildman–Crippen LogP) is 6.16. The van der Waals surface area contributed by atoms with Crippen molar-refractivity contribution in [2.24, 2.45) is 0 Å². The number of hydrogen-bond acceptors (Lipinski definition) is 1. The minimum Gasteiger partial charge on any atom is -0.313 e. The van der Waals surface area contributed by atoms with Gasteiger partial charge in [0.15, 0.2) is 0 Å². The van der Waals surface area contributed by atoms with Crippen molar-refractivity contribution in [3.63, 3.8) is 0 Å². The quantitative estimate of drug-likeness (QED) is 0.503. The van der Waals surface area contributed by atoms with Crippen molar-refractivity contribution in [2.45, 2.75) is 71.3 Å². The fraction of sp³-hybridized carbons (Fsp3) is 0.667. The number of nitrogens with one attached hydrogen (secondary N) is 1. The van der Waals surface area contributed by atoms with E-state index >= 15 is 0 Å². The van der Waals surface area contributed by atoms with Crippen LogP contribution in [0.3, 0.4) is 0 Å². The molecule has 1 aromatic carbocycles. The molecule has 0 amide bonds. The minimum atomic E-state index is 0.473. The van der Waals surface area contributed by atoms with E-state index in [9.17, 15) is 0 Å². The van der Waals surface area contributed by atoms with Crippen LogP contribution in [0.15, 0.2) is 22.7 Å². The minimum absolute atomic E-state index is 0.473. The molecule has 2 heteroatoms. The first-order valence-corrected chi connectivity index (χ1v) is 8.91. The highest BCUT2D eigenvalue weighted by molar-refractivity contribution is 9.10. The highest BCUT2D eigenvalue weighted by Crippen LogP contribution is 2.28. The molecule has 0 radical (unpaired) electrons. The summed E-state index contributed by atoms with van der Waals surface area (Å²) in [6.45, 7) is 4.41. The van der Waals surface area contributed by atoms with Crippen LogP contribution in [0.1, 0.15) is 75.5 Å². The van der Waals surface area contributed by atoms with E-state index < -0.39 is 0 Å². The van der Waals surface area contributed by atoms with Crippen molar-refractivity contribution >= 4 is 15.9 Å². The van der Waals surface area contributed by atoms with Gasteiger partial charge in [0.25, 0.3) is 0 Å². The molecule has 1 nitrogen and oxygen atoms in total. The van der Waals surface area contributed by atoms with Crippen molar-refractivity contribution in [1.29, 1.82) is 0 Å². The van der Waals surface area contributed by atoms with Gasteiger partial charge >= 0.3 is 0 Å². The molecule has 0 aliphatic carbocycles. The first-order chi connectivity index (χ1) is 9.69. The molecular weight excluding hydrogens is 310 g/mol. The number of hydrogen-bond donors (Lipinski definition) is 1. The van der Waals surface area contributed by atoms with Gasteiger partial charge < -0.3 is 5.32 Å². The van der Waals surface area contributed by atoms with Gasteiger partial charge in [0.05, 0.1) is 0 Å². The topological polar surface area (TPSA) is 12.0 Å². The molecule has 1 N–H and O–H groups in total. The van der Waals surface area contributed by atoms with E-state index in [4.69, 9.17) is 0 Å². The Bertz CT molecular complexity index is 376. The van der Waals surface area contributed by atoms with Crippen molar-refractivity contribution < 1.29 is 0 Å². The van der Waals surface area contributed by atoms with Crippen LogP contribution in [0.5, 0.6) is 0 Å². The standard InChI is InChI=1S/C18H30BrN/c1-4-5-6-7-8-9-10-11-18(20-3)16-13-12-15(2)14-17(16)19/h12-14,18,20H,4-11H2,1-3H3. The number of benzene rings is 1. The molecule has 0 fully saturated rings. The zero-order valence-corrected chi connectivity index (χ0v) is 14.9. The summed E-state index contributed by atoms with van der Waals surface area (Å²) in [6, 6.07) is 7.14. The SMILES string of the molecule is CCCCCCCCCC(NC)c1ccc(C)cc1Br. The average Bonchev–Trinajstić information content (AvgIpc) is 2.43. The van der Waals surface area contributed by atoms with Crippen LogP contribution in [0.4, 0.5) is 0 Å². The molecule has 114 valence electrons. The van der Waals surface area contributed by atoms with E-state index in [1.54, 1.807) is 0 Å². The molecule has 0 saturated carbocycles. The maximum Gasteiger partial charge on any atom is 0.0328 e. The summed E-state index contributed by atoms with van der Waals surface area (Å²) in [6.07, 6.45) is 10.9.